The van der Waals surface area contributed by atoms with E-state index in [9.17, 15) is 9.59 Å². The molecule has 0 radical (unpaired) electrons. The van der Waals surface area contributed by atoms with Crippen molar-refractivity contribution < 1.29 is 9.59 Å². The van der Waals surface area contributed by atoms with E-state index < -0.39 is 0 Å². The van der Waals surface area contributed by atoms with Crippen LogP contribution in [0.15, 0.2) is 48.8 Å². The van der Waals surface area contributed by atoms with Gasteiger partial charge in [-0.3, -0.25) is 14.3 Å². The summed E-state index contributed by atoms with van der Waals surface area (Å²) in [6, 6.07) is 7.84. The molecule has 10 heteroatoms. The third-order valence-electron chi connectivity index (χ3n) is 5.72. The standard InChI is InChI=1S/C25H30N8O2/c1-5-6-22(34)28-19-9-7-18(8-10-19)14-32-12-11-21-17(2)27-25(30-24(21)32)29-20-13-26-33(15-20)16-23(35)31(3)4/h5-10,13,15H,11-12,14,16H2,1-4H3,(H,28,34)(H,27,29,30)/b6-5+. The first kappa shape index (κ1) is 23.9. The first-order valence-corrected chi connectivity index (χ1v) is 11.5. The number of carbonyl (C=O) groups is 2. The average molecular weight is 475 g/mol. The molecule has 0 fully saturated rings. The molecule has 182 valence electrons. The lowest BCUT2D eigenvalue weighted by Crippen LogP contribution is -2.26. The Hall–Kier alpha value is -4.21. The number of aryl methyl sites for hydroxylation is 1. The molecule has 2 amide bonds. The normalized spacial score (nSPS) is 12.6. The number of amides is 2. The van der Waals surface area contributed by atoms with Gasteiger partial charge in [-0.1, -0.05) is 18.2 Å². The number of benzene rings is 1. The fourth-order valence-electron chi connectivity index (χ4n) is 3.87. The molecular weight excluding hydrogens is 444 g/mol. The van der Waals surface area contributed by atoms with Gasteiger partial charge in [-0.15, -0.1) is 0 Å². The molecule has 3 aromatic rings. The van der Waals surface area contributed by atoms with Crippen LogP contribution < -0.4 is 15.5 Å². The minimum atomic E-state index is -0.143. The number of hydrogen-bond acceptors (Lipinski definition) is 7. The lowest BCUT2D eigenvalue weighted by molar-refractivity contribution is -0.129. The van der Waals surface area contributed by atoms with Crippen molar-refractivity contribution in [2.45, 2.75) is 33.4 Å². The van der Waals surface area contributed by atoms with Crippen LogP contribution in [0.4, 0.5) is 23.1 Å². The van der Waals surface area contributed by atoms with Crippen LogP contribution in [-0.4, -0.2) is 57.1 Å². The Morgan fingerprint density at radius 2 is 1.91 bits per heavy atom. The zero-order chi connectivity index (χ0) is 24.9. The molecule has 35 heavy (non-hydrogen) atoms. The molecule has 2 N–H and O–H groups in total. The highest BCUT2D eigenvalue weighted by Gasteiger charge is 2.24. The van der Waals surface area contributed by atoms with Gasteiger partial charge in [-0.05, 0) is 44.0 Å². The number of aromatic nitrogens is 4. The van der Waals surface area contributed by atoms with E-state index in [2.05, 4.69) is 25.6 Å². The predicted octanol–water partition coefficient (Wildman–Crippen LogP) is 2.89. The second-order valence-corrected chi connectivity index (χ2v) is 8.63. The van der Waals surface area contributed by atoms with Crippen LogP contribution >= 0.6 is 0 Å². The van der Waals surface area contributed by atoms with Gasteiger partial charge in [0.2, 0.25) is 17.8 Å². The van der Waals surface area contributed by atoms with Crippen molar-refractivity contribution in [3.63, 3.8) is 0 Å². The Morgan fingerprint density at radius 1 is 1.14 bits per heavy atom. The number of hydrogen-bond donors (Lipinski definition) is 2. The average Bonchev–Trinajstić information content (AvgIpc) is 3.42. The topological polar surface area (TPSA) is 108 Å². The van der Waals surface area contributed by atoms with Gasteiger partial charge in [0.1, 0.15) is 12.4 Å². The van der Waals surface area contributed by atoms with Gasteiger partial charge in [0.15, 0.2) is 0 Å². The zero-order valence-corrected chi connectivity index (χ0v) is 20.4. The zero-order valence-electron chi connectivity index (χ0n) is 20.4. The van der Waals surface area contributed by atoms with Crippen LogP contribution in [-0.2, 0) is 29.1 Å². The molecule has 0 spiro atoms. The lowest BCUT2D eigenvalue weighted by Gasteiger charge is -2.19. The van der Waals surface area contributed by atoms with Gasteiger partial charge in [0.25, 0.3) is 0 Å². The summed E-state index contributed by atoms with van der Waals surface area (Å²) in [6.07, 6.45) is 7.52. The Labute approximate surface area is 204 Å². The highest BCUT2D eigenvalue weighted by Crippen LogP contribution is 2.31. The molecular formula is C25H30N8O2. The number of anilines is 4. The molecule has 0 unspecified atom stereocenters. The Morgan fingerprint density at radius 3 is 2.63 bits per heavy atom. The summed E-state index contributed by atoms with van der Waals surface area (Å²) in [5.41, 5.74) is 4.70. The molecule has 1 aliphatic heterocycles. The molecule has 1 aromatic carbocycles. The van der Waals surface area contributed by atoms with Crippen LogP contribution in [0.2, 0.25) is 0 Å². The Bertz CT molecular complexity index is 1250. The lowest BCUT2D eigenvalue weighted by atomic mass is 10.2. The number of rotatable bonds is 8. The van der Waals surface area contributed by atoms with E-state index in [0.29, 0.717) is 12.5 Å². The summed E-state index contributed by atoms with van der Waals surface area (Å²) >= 11 is 0. The van der Waals surface area contributed by atoms with E-state index in [4.69, 9.17) is 4.98 Å². The number of carbonyl (C=O) groups excluding carboxylic acids is 2. The molecule has 0 saturated carbocycles. The molecule has 0 bridgehead atoms. The maximum absolute atomic E-state index is 11.9. The second-order valence-electron chi connectivity index (χ2n) is 8.63. The number of likely N-dealkylation sites (N-methyl/N-ethyl adjacent to an activating group) is 1. The van der Waals surface area contributed by atoms with Crippen LogP contribution in [0.25, 0.3) is 0 Å². The van der Waals surface area contributed by atoms with Crippen LogP contribution in [0.1, 0.15) is 23.7 Å². The van der Waals surface area contributed by atoms with Gasteiger partial charge in [-0.2, -0.15) is 10.1 Å². The van der Waals surface area contributed by atoms with Crippen LogP contribution in [0, 0.1) is 6.92 Å². The van der Waals surface area contributed by atoms with Crippen LogP contribution in [0.5, 0.6) is 0 Å². The summed E-state index contributed by atoms with van der Waals surface area (Å²) < 4.78 is 1.59. The maximum atomic E-state index is 11.9. The molecule has 0 saturated heterocycles. The number of nitrogens with zero attached hydrogens (tertiary/aromatic N) is 6. The van der Waals surface area contributed by atoms with Gasteiger partial charge in [0.05, 0.1) is 11.9 Å². The summed E-state index contributed by atoms with van der Waals surface area (Å²) in [4.78, 5) is 36.8. The van der Waals surface area contributed by atoms with E-state index in [1.807, 2.05) is 38.1 Å². The first-order chi connectivity index (χ1) is 16.8. The van der Waals surface area contributed by atoms with Gasteiger partial charge >= 0.3 is 0 Å². The fraction of sp³-hybridized carbons (Fsp3) is 0.320. The van der Waals surface area contributed by atoms with E-state index in [-0.39, 0.29) is 18.4 Å². The van der Waals surface area contributed by atoms with Crippen molar-refractivity contribution in [2.75, 3.05) is 36.2 Å². The highest BCUT2D eigenvalue weighted by atomic mass is 16.2. The van der Waals surface area contributed by atoms with Crippen molar-refractivity contribution in [3.8, 4) is 0 Å². The molecule has 3 heterocycles. The number of allylic oxidation sites excluding steroid dienone is 1. The fourth-order valence-corrected chi connectivity index (χ4v) is 3.87. The summed E-state index contributed by atoms with van der Waals surface area (Å²) in [7, 11) is 3.44. The van der Waals surface area contributed by atoms with Gasteiger partial charge < -0.3 is 20.4 Å². The van der Waals surface area contributed by atoms with E-state index >= 15 is 0 Å². The van der Waals surface area contributed by atoms with Crippen molar-refractivity contribution in [3.05, 3.63) is 65.6 Å². The Balaban J connectivity index is 1.45. The van der Waals surface area contributed by atoms with Crippen LogP contribution in [0.3, 0.4) is 0 Å². The molecule has 0 aliphatic carbocycles. The van der Waals surface area contributed by atoms with Crippen molar-refractivity contribution in [2.24, 2.45) is 0 Å². The molecule has 2 aromatic heterocycles. The first-order valence-electron chi connectivity index (χ1n) is 11.5. The number of fused-ring (bicyclic) bond motifs is 1. The van der Waals surface area contributed by atoms with Gasteiger partial charge in [-0.25, -0.2) is 4.98 Å². The minimum Gasteiger partial charge on any atom is -0.352 e. The molecule has 0 atom stereocenters. The molecule has 1 aliphatic rings. The van der Waals surface area contributed by atoms with Crippen molar-refractivity contribution in [1.82, 2.24) is 24.6 Å². The summed E-state index contributed by atoms with van der Waals surface area (Å²) in [5, 5.41) is 10.3. The Kier molecular flexibility index (Phi) is 7.09. The SMILES string of the molecule is C/C=C/C(=O)Nc1ccc(CN2CCc3c(C)nc(Nc4cnn(CC(=O)N(C)C)c4)nc32)cc1. The third-order valence-corrected chi connectivity index (χ3v) is 5.72. The van der Waals surface area contributed by atoms with E-state index in [0.717, 1.165) is 47.0 Å². The van der Waals surface area contributed by atoms with Crippen molar-refractivity contribution >= 4 is 35.0 Å². The van der Waals surface area contributed by atoms with Crippen molar-refractivity contribution in [1.29, 1.82) is 0 Å². The molecule has 4 rings (SSSR count). The van der Waals surface area contributed by atoms with Gasteiger partial charge in [0, 0.05) is 50.3 Å². The quantitative estimate of drug-likeness (QED) is 0.483. The van der Waals surface area contributed by atoms with E-state index in [1.54, 1.807) is 37.2 Å². The highest BCUT2D eigenvalue weighted by molar-refractivity contribution is 5.99. The minimum absolute atomic E-state index is 0.0341. The monoisotopic (exact) mass is 474 g/mol. The molecule has 10 nitrogen and oxygen atoms in total. The maximum Gasteiger partial charge on any atom is 0.248 e. The smallest absolute Gasteiger partial charge is 0.248 e. The second kappa shape index (κ2) is 10.4. The number of nitrogens with one attached hydrogen (secondary N) is 2. The van der Waals surface area contributed by atoms with E-state index in [1.165, 1.54) is 11.0 Å². The predicted molar refractivity (Wildman–Crippen MR) is 136 cm³/mol. The summed E-state index contributed by atoms with van der Waals surface area (Å²) in [6.45, 7) is 5.54. The largest absolute Gasteiger partial charge is 0.352 e. The third kappa shape index (κ3) is 5.84. The summed E-state index contributed by atoms with van der Waals surface area (Å²) in [5.74, 6) is 1.23.